The van der Waals surface area contributed by atoms with Crippen molar-refractivity contribution < 1.29 is 9.47 Å². The van der Waals surface area contributed by atoms with Crippen molar-refractivity contribution in [1.82, 2.24) is 9.97 Å². The molecule has 0 atom stereocenters. The van der Waals surface area contributed by atoms with Crippen LogP contribution in [0, 0.1) is 6.92 Å². The zero-order chi connectivity index (χ0) is 14.9. The summed E-state index contributed by atoms with van der Waals surface area (Å²) in [5.74, 6) is 2.49. The summed E-state index contributed by atoms with van der Waals surface area (Å²) in [6, 6.07) is 8.12. The molecule has 0 radical (unpaired) electrons. The standard InChI is InChI=1S/C16H15N3O2S/c1-10-6-12-15(18-9-19-16(12)22-10)17-8-11-2-3-13-14(7-11)21-5-4-20-13/h2-3,6-7,9H,4-5,8H2,1H3,(H,17,18,19). The molecule has 0 amide bonds. The Labute approximate surface area is 131 Å². The summed E-state index contributed by atoms with van der Waals surface area (Å²) >= 11 is 1.68. The van der Waals surface area contributed by atoms with Crippen molar-refractivity contribution in [3.05, 3.63) is 41.0 Å². The van der Waals surface area contributed by atoms with Gasteiger partial charge in [-0.3, -0.25) is 0 Å². The van der Waals surface area contributed by atoms with Gasteiger partial charge >= 0.3 is 0 Å². The predicted molar refractivity (Wildman–Crippen MR) is 86.9 cm³/mol. The number of aromatic nitrogens is 2. The average molecular weight is 313 g/mol. The van der Waals surface area contributed by atoms with Crippen LogP contribution in [0.2, 0.25) is 0 Å². The summed E-state index contributed by atoms with van der Waals surface area (Å²) in [6.07, 6.45) is 1.60. The lowest BCUT2D eigenvalue weighted by Crippen LogP contribution is -2.15. The highest BCUT2D eigenvalue weighted by Gasteiger charge is 2.12. The fraction of sp³-hybridized carbons (Fsp3) is 0.250. The Hall–Kier alpha value is -2.34. The smallest absolute Gasteiger partial charge is 0.161 e. The molecule has 0 unspecified atom stereocenters. The Bertz CT molecular complexity index is 831. The first-order valence-corrected chi connectivity index (χ1v) is 7.95. The van der Waals surface area contributed by atoms with E-state index in [1.165, 1.54) is 4.88 Å². The summed E-state index contributed by atoms with van der Waals surface area (Å²) in [5.41, 5.74) is 1.13. The fourth-order valence-corrected chi connectivity index (χ4v) is 3.35. The summed E-state index contributed by atoms with van der Waals surface area (Å²) in [4.78, 5) is 10.9. The summed E-state index contributed by atoms with van der Waals surface area (Å²) in [5, 5.41) is 4.46. The van der Waals surface area contributed by atoms with E-state index in [4.69, 9.17) is 9.47 Å². The molecule has 1 N–H and O–H groups in total. The number of nitrogens with zero attached hydrogens (tertiary/aromatic N) is 2. The van der Waals surface area contributed by atoms with Crippen LogP contribution in [0.1, 0.15) is 10.4 Å². The molecule has 0 saturated carbocycles. The molecule has 0 bridgehead atoms. The van der Waals surface area contributed by atoms with Crippen LogP contribution >= 0.6 is 11.3 Å². The van der Waals surface area contributed by atoms with Crippen LogP contribution in [-0.2, 0) is 6.54 Å². The Balaban J connectivity index is 1.56. The van der Waals surface area contributed by atoms with Gasteiger partial charge in [-0.25, -0.2) is 9.97 Å². The van der Waals surface area contributed by atoms with Gasteiger partial charge in [-0.15, -0.1) is 11.3 Å². The van der Waals surface area contributed by atoms with E-state index in [0.717, 1.165) is 33.1 Å². The van der Waals surface area contributed by atoms with E-state index in [2.05, 4.69) is 28.3 Å². The van der Waals surface area contributed by atoms with E-state index >= 15 is 0 Å². The average Bonchev–Trinajstić information content (AvgIpc) is 2.93. The zero-order valence-corrected chi connectivity index (χ0v) is 12.9. The maximum atomic E-state index is 5.61. The van der Waals surface area contributed by atoms with E-state index in [0.29, 0.717) is 19.8 Å². The monoisotopic (exact) mass is 313 g/mol. The molecule has 0 saturated heterocycles. The molecule has 1 aliphatic rings. The van der Waals surface area contributed by atoms with Crippen molar-refractivity contribution in [2.24, 2.45) is 0 Å². The van der Waals surface area contributed by atoms with Gasteiger partial charge in [0, 0.05) is 11.4 Å². The van der Waals surface area contributed by atoms with Gasteiger partial charge in [0.05, 0.1) is 5.39 Å². The zero-order valence-electron chi connectivity index (χ0n) is 12.1. The number of hydrogen-bond donors (Lipinski definition) is 1. The second-order valence-electron chi connectivity index (χ2n) is 5.13. The van der Waals surface area contributed by atoms with Crippen LogP contribution in [0.4, 0.5) is 5.82 Å². The van der Waals surface area contributed by atoms with Crippen molar-refractivity contribution in [1.29, 1.82) is 0 Å². The topological polar surface area (TPSA) is 56.3 Å². The van der Waals surface area contributed by atoms with Gasteiger partial charge in [-0.05, 0) is 30.7 Å². The van der Waals surface area contributed by atoms with E-state index in [1.54, 1.807) is 17.7 Å². The summed E-state index contributed by atoms with van der Waals surface area (Å²) in [7, 11) is 0. The number of rotatable bonds is 3. The summed E-state index contributed by atoms with van der Waals surface area (Å²) < 4.78 is 11.1. The number of aryl methyl sites for hydroxylation is 1. The van der Waals surface area contributed by atoms with Crippen molar-refractivity contribution in [2.75, 3.05) is 18.5 Å². The van der Waals surface area contributed by atoms with Crippen LogP contribution in [0.15, 0.2) is 30.6 Å². The van der Waals surface area contributed by atoms with Crippen LogP contribution in [0.25, 0.3) is 10.2 Å². The SMILES string of the molecule is Cc1cc2c(NCc3ccc4c(c3)OCCO4)ncnc2s1. The number of fused-ring (bicyclic) bond motifs is 2. The first-order valence-electron chi connectivity index (χ1n) is 7.13. The number of ether oxygens (including phenoxy) is 2. The molecule has 2 aromatic heterocycles. The number of thiophene rings is 1. The fourth-order valence-electron chi connectivity index (χ4n) is 2.50. The first kappa shape index (κ1) is 13.3. The Morgan fingerprint density at radius 3 is 2.91 bits per heavy atom. The van der Waals surface area contributed by atoms with Crippen LogP contribution in [0.3, 0.4) is 0 Å². The molecule has 3 heterocycles. The van der Waals surface area contributed by atoms with Gasteiger partial charge < -0.3 is 14.8 Å². The van der Waals surface area contributed by atoms with Gasteiger partial charge in [-0.2, -0.15) is 0 Å². The van der Waals surface area contributed by atoms with Crippen LogP contribution in [-0.4, -0.2) is 23.2 Å². The number of anilines is 1. The lowest BCUT2D eigenvalue weighted by atomic mass is 10.2. The van der Waals surface area contributed by atoms with Crippen LogP contribution in [0.5, 0.6) is 11.5 Å². The third kappa shape index (κ3) is 2.46. The van der Waals surface area contributed by atoms with Crippen molar-refractivity contribution >= 4 is 27.4 Å². The summed E-state index contributed by atoms with van der Waals surface area (Å²) in [6.45, 7) is 3.97. The highest BCUT2D eigenvalue weighted by molar-refractivity contribution is 7.18. The molecule has 1 aliphatic heterocycles. The minimum absolute atomic E-state index is 0.602. The third-order valence-electron chi connectivity index (χ3n) is 3.52. The molecule has 5 nitrogen and oxygen atoms in total. The van der Waals surface area contributed by atoms with E-state index in [9.17, 15) is 0 Å². The Kier molecular flexibility index (Phi) is 3.31. The van der Waals surface area contributed by atoms with Crippen molar-refractivity contribution in [3.8, 4) is 11.5 Å². The van der Waals surface area contributed by atoms with Crippen LogP contribution < -0.4 is 14.8 Å². The molecule has 0 spiro atoms. The second kappa shape index (κ2) is 5.46. The number of benzene rings is 1. The number of nitrogens with one attached hydrogen (secondary N) is 1. The quantitative estimate of drug-likeness (QED) is 0.803. The molecule has 0 fully saturated rings. The minimum atomic E-state index is 0.602. The van der Waals surface area contributed by atoms with Gasteiger partial charge in [0.25, 0.3) is 0 Å². The molecular formula is C16H15N3O2S. The first-order chi connectivity index (χ1) is 10.8. The van der Waals surface area contributed by atoms with Gasteiger partial charge in [0.2, 0.25) is 0 Å². The van der Waals surface area contributed by atoms with E-state index in [1.807, 2.05) is 18.2 Å². The third-order valence-corrected chi connectivity index (χ3v) is 4.48. The molecule has 4 rings (SSSR count). The maximum absolute atomic E-state index is 5.61. The maximum Gasteiger partial charge on any atom is 0.161 e. The predicted octanol–water partition coefficient (Wildman–Crippen LogP) is 3.38. The van der Waals surface area contributed by atoms with E-state index < -0.39 is 0 Å². The Morgan fingerprint density at radius 2 is 2.00 bits per heavy atom. The normalized spacial score (nSPS) is 13.3. The van der Waals surface area contributed by atoms with Crippen molar-refractivity contribution in [2.45, 2.75) is 13.5 Å². The molecule has 22 heavy (non-hydrogen) atoms. The molecular weight excluding hydrogens is 298 g/mol. The molecule has 3 aromatic rings. The molecule has 1 aromatic carbocycles. The van der Waals surface area contributed by atoms with Gasteiger partial charge in [0.15, 0.2) is 11.5 Å². The highest BCUT2D eigenvalue weighted by atomic mass is 32.1. The van der Waals surface area contributed by atoms with Crippen molar-refractivity contribution in [3.63, 3.8) is 0 Å². The van der Waals surface area contributed by atoms with Gasteiger partial charge in [0.1, 0.15) is 30.2 Å². The van der Waals surface area contributed by atoms with E-state index in [-0.39, 0.29) is 0 Å². The second-order valence-corrected chi connectivity index (χ2v) is 6.36. The molecule has 0 aliphatic carbocycles. The molecule has 112 valence electrons. The largest absolute Gasteiger partial charge is 0.486 e. The molecule has 6 heteroatoms. The van der Waals surface area contributed by atoms with Gasteiger partial charge in [-0.1, -0.05) is 6.07 Å². The Morgan fingerprint density at radius 1 is 1.14 bits per heavy atom. The lowest BCUT2D eigenvalue weighted by Gasteiger charge is -2.19. The minimum Gasteiger partial charge on any atom is -0.486 e. The highest BCUT2D eigenvalue weighted by Crippen LogP contribution is 2.31. The lowest BCUT2D eigenvalue weighted by molar-refractivity contribution is 0.171. The number of hydrogen-bond acceptors (Lipinski definition) is 6.